The van der Waals surface area contributed by atoms with E-state index in [-0.39, 0.29) is 37.8 Å². The van der Waals surface area contributed by atoms with E-state index in [1.165, 1.54) is 51.8 Å². The van der Waals surface area contributed by atoms with Crippen molar-refractivity contribution in [3.63, 3.8) is 0 Å². The van der Waals surface area contributed by atoms with Crippen molar-refractivity contribution in [1.29, 1.82) is 0 Å². The van der Waals surface area contributed by atoms with Crippen molar-refractivity contribution in [3.8, 4) is 21.9 Å². The van der Waals surface area contributed by atoms with Crippen molar-refractivity contribution in [2.75, 3.05) is 32.0 Å². The Kier molecular flexibility index (Phi) is 8.57. The lowest BCUT2D eigenvalue weighted by Gasteiger charge is -2.24. The van der Waals surface area contributed by atoms with Gasteiger partial charge in [0, 0.05) is 28.6 Å². The summed E-state index contributed by atoms with van der Waals surface area (Å²) in [6, 6.07) is 13.0. The zero-order chi connectivity index (χ0) is 30.7. The standard InChI is InChI=1S/C30H28FN5O6S2/c31-20-3-7-22(8-4-20)42-21-5-1-18(2-6-21)27(38)34-15-26(37)36-17-30(40-9-10-41-30)12-24(36)28(39)33-13-23-11-19(16-43-23)25-14-35-29(32)44-25/h1-8,11,14,16,24H,9-10,12-13,15,17H2,(H2,32,35)(H,33,39)(H,34,38)/t24-/m0/s1. The molecular weight excluding hydrogens is 609 g/mol. The Labute approximate surface area is 259 Å². The molecule has 1 atom stereocenters. The SMILES string of the molecule is Nc1ncc(-c2csc(CNC(=O)[C@@H]3CC4(CN3C(=O)CNC(=O)c3ccc(Oc5ccc(F)cc5)cc3)OCCO4)c2)s1. The maximum atomic E-state index is 13.3. The zero-order valence-electron chi connectivity index (χ0n) is 23.3. The number of hydrogen-bond donors (Lipinski definition) is 3. The first-order chi connectivity index (χ1) is 21.3. The molecule has 11 nitrogen and oxygen atoms in total. The molecule has 1 spiro atoms. The maximum Gasteiger partial charge on any atom is 0.251 e. The van der Waals surface area contributed by atoms with Crippen LogP contribution in [-0.2, 0) is 25.6 Å². The number of anilines is 1. The number of thiophene rings is 1. The Hall–Kier alpha value is -4.37. The normalized spacial score (nSPS) is 17.1. The van der Waals surface area contributed by atoms with Crippen LogP contribution in [0.25, 0.3) is 10.4 Å². The first-order valence-electron chi connectivity index (χ1n) is 13.7. The van der Waals surface area contributed by atoms with Crippen LogP contribution in [0.5, 0.6) is 11.5 Å². The van der Waals surface area contributed by atoms with Gasteiger partial charge in [0.05, 0.1) is 37.7 Å². The highest BCUT2D eigenvalue weighted by atomic mass is 32.1. The van der Waals surface area contributed by atoms with E-state index >= 15 is 0 Å². The quantitative estimate of drug-likeness (QED) is 0.252. The van der Waals surface area contributed by atoms with Crippen LogP contribution in [0.4, 0.5) is 9.52 Å². The lowest BCUT2D eigenvalue weighted by Crippen LogP contribution is -2.49. The van der Waals surface area contributed by atoms with Crippen LogP contribution in [0, 0.1) is 5.82 Å². The molecule has 0 saturated carbocycles. The van der Waals surface area contributed by atoms with E-state index < -0.39 is 23.6 Å². The predicted molar refractivity (Wildman–Crippen MR) is 162 cm³/mol. The number of thiazole rings is 1. The number of carbonyl (C=O) groups excluding carboxylic acids is 3. The van der Waals surface area contributed by atoms with Gasteiger partial charge in [0.15, 0.2) is 10.9 Å². The van der Waals surface area contributed by atoms with Gasteiger partial charge in [-0.05, 0) is 60.0 Å². The molecule has 0 radical (unpaired) electrons. The van der Waals surface area contributed by atoms with E-state index in [1.54, 1.807) is 30.5 Å². The number of amides is 3. The van der Waals surface area contributed by atoms with E-state index in [2.05, 4.69) is 15.6 Å². The summed E-state index contributed by atoms with van der Waals surface area (Å²) in [5.41, 5.74) is 7.03. The monoisotopic (exact) mass is 637 g/mol. The van der Waals surface area contributed by atoms with Gasteiger partial charge in [0.2, 0.25) is 11.8 Å². The van der Waals surface area contributed by atoms with Gasteiger partial charge in [-0.15, -0.1) is 11.3 Å². The summed E-state index contributed by atoms with van der Waals surface area (Å²) in [5, 5.41) is 8.02. The number of ether oxygens (including phenoxy) is 3. The number of rotatable bonds is 9. The molecule has 0 bridgehead atoms. The molecule has 3 amide bonds. The molecule has 14 heteroatoms. The topological polar surface area (TPSA) is 145 Å². The lowest BCUT2D eigenvalue weighted by atomic mass is 10.1. The molecule has 4 aromatic rings. The largest absolute Gasteiger partial charge is 0.457 e. The van der Waals surface area contributed by atoms with Crippen LogP contribution < -0.4 is 21.1 Å². The molecule has 6 rings (SSSR count). The second-order valence-electron chi connectivity index (χ2n) is 10.2. The highest BCUT2D eigenvalue weighted by Crippen LogP contribution is 2.35. The Balaban J connectivity index is 1.05. The van der Waals surface area contributed by atoms with Gasteiger partial charge in [-0.1, -0.05) is 11.3 Å². The summed E-state index contributed by atoms with van der Waals surface area (Å²) < 4.78 is 30.4. The smallest absolute Gasteiger partial charge is 0.251 e. The Morgan fingerprint density at radius 3 is 2.45 bits per heavy atom. The lowest BCUT2D eigenvalue weighted by molar-refractivity contribution is -0.152. The van der Waals surface area contributed by atoms with Crippen LogP contribution in [-0.4, -0.2) is 65.7 Å². The third-order valence-corrected chi connectivity index (χ3v) is 9.01. The summed E-state index contributed by atoms with van der Waals surface area (Å²) in [7, 11) is 0. The number of aromatic nitrogens is 1. The predicted octanol–water partition coefficient (Wildman–Crippen LogP) is 3.78. The number of hydrogen-bond acceptors (Lipinski definition) is 10. The molecule has 4 heterocycles. The molecule has 44 heavy (non-hydrogen) atoms. The van der Waals surface area contributed by atoms with Gasteiger partial charge in [-0.25, -0.2) is 9.37 Å². The average Bonchev–Trinajstić information content (AvgIpc) is 3.84. The number of nitrogens with zero attached hydrogens (tertiary/aromatic N) is 2. The summed E-state index contributed by atoms with van der Waals surface area (Å²) in [6.07, 6.45) is 1.90. The van der Waals surface area contributed by atoms with Crippen molar-refractivity contribution < 1.29 is 33.0 Å². The third kappa shape index (κ3) is 6.73. The van der Waals surface area contributed by atoms with Gasteiger partial charge >= 0.3 is 0 Å². The van der Waals surface area contributed by atoms with Gasteiger partial charge in [0.1, 0.15) is 23.4 Å². The Morgan fingerprint density at radius 1 is 1.07 bits per heavy atom. The number of halogens is 1. The minimum atomic E-state index is -1.05. The molecule has 2 aromatic carbocycles. The summed E-state index contributed by atoms with van der Waals surface area (Å²) >= 11 is 2.89. The summed E-state index contributed by atoms with van der Waals surface area (Å²) in [4.78, 5) is 46.8. The molecule has 2 saturated heterocycles. The van der Waals surface area contributed by atoms with Crippen LogP contribution in [0.2, 0.25) is 0 Å². The van der Waals surface area contributed by atoms with E-state index in [1.807, 2.05) is 11.4 Å². The Morgan fingerprint density at radius 2 is 1.77 bits per heavy atom. The molecule has 2 aliphatic heterocycles. The second kappa shape index (κ2) is 12.7. The van der Waals surface area contributed by atoms with E-state index in [9.17, 15) is 18.8 Å². The number of likely N-dealkylation sites (tertiary alicyclic amines) is 1. The van der Waals surface area contributed by atoms with Gasteiger partial charge in [0.25, 0.3) is 5.91 Å². The number of nitrogens with one attached hydrogen (secondary N) is 2. The second-order valence-corrected chi connectivity index (χ2v) is 12.3. The number of nitrogens with two attached hydrogens (primary N) is 1. The maximum absolute atomic E-state index is 13.3. The van der Waals surface area contributed by atoms with Crippen LogP contribution >= 0.6 is 22.7 Å². The van der Waals surface area contributed by atoms with E-state index in [4.69, 9.17) is 19.9 Å². The highest BCUT2D eigenvalue weighted by molar-refractivity contribution is 7.19. The zero-order valence-corrected chi connectivity index (χ0v) is 24.9. The van der Waals surface area contributed by atoms with Crippen LogP contribution in [0.3, 0.4) is 0 Å². The van der Waals surface area contributed by atoms with Gasteiger partial charge < -0.3 is 35.5 Å². The van der Waals surface area contributed by atoms with Gasteiger partial charge in [-0.3, -0.25) is 14.4 Å². The fourth-order valence-corrected chi connectivity index (χ4v) is 6.60. The number of nitrogen functional groups attached to an aromatic ring is 1. The molecular formula is C30H28FN5O6S2. The summed E-state index contributed by atoms with van der Waals surface area (Å²) in [6.45, 7) is 0.772. The van der Waals surface area contributed by atoms with Crippen molar-refractivity contribution in [1.82, 2.24) is 20.5 Å². The number of benzene rings is 2. The molecule has 228 valence electrons. The molecule has 4 N–H and O–H groups in total. The first kappa shape index (κ1) is 29.7. The van der Waals surface area contributed by atoms with Crippen molar-refractivity contribution in [2.45, 2.75) is 24.8 Å². The van der Waals surface area contributed by atoms with E-state index in [0.717, 1.165) is 15.3 Å². The van der Waals surface area contributed by atoms with Crippen molar-refractivity contribution in [3.05, 3.63) is 82.4 Å². The molecule has 2 aliphatic rings. The third-order valence-electron chi connectivity index (χ3n) is 7.19. The number of carbonyl (C=O) groups is 3. The molecule has 0 aliphatic carbocycles. The fourth-order valence-electron chi connectivity index (χ4n) is 5.03. The minimum Gasteiger partial charge on any atom is -0.457 e. The highest BCUT2D eigenvalue weighted by Gasteiger charge is 2.52. The van der Waals surface area contributed by atoms with Crippen LogP contribution in [0.1, 0.15) is 21.7 Å². The minimum absolute atomic E-state index is 0.0746. The first-order valence-corrected chi connectivity index (χ1v) is 15.4. The van der Waals surface area contributed by atoms with Crippen molar-refractivity contribution in [2.24, 2.45) is 0 Å². The van der Waals surface area contributed by atoms with Crippen LogP contribution in [0.15, 0.2) is 66.2 Å². The Bertz CT molecular complexity index is 1650. The summed E-state index contributed by atoms with van der Waals surface area (Å²) in [5.74, 6) is -1.75. The molecule has 2 aromatic heterocycles. The molecule has 0 unspecified atom stereocenters. The van der Waals surface area contributed by atoms with Crippen molar-refractivity contribution >= 4 is 45.5 Å². The average molecular weight is 638 g/mol. The van der Waals surface area contributed by atoms with Gasteiger partial charge in [-0.2, -0.15) is 0 Å². The van der Waals surface area contributed by atoms with E-state index in [0.29, 0.717) is 35.4 Å². The fraction of sp³-hybridized carbons (Fsp3) is 0.267. The molecule has 2 fully saturated rings.